The molecule has 0 radical (unpaired) electrons. The van der Waals surface area contributed by atoms with Crippen molar-refractivity contribution < 1.29 is 4.74 Å². The van der Waals surface area contributed by atoms with Gasteiger partial charge in [-0.2, -0.15) is 0 Å². The number of fused-ring (bicyclic) bond motifs is 7. The van der Waals surface area contributed by atoms with Gasteiger partial charge in [-0.1, -0.05) is 121 Å². The molecule has 0 amide bonds. The van der Waals surface area contributed by atoms with Gasteiger partial charge in [0.15, 0.2) is 0 Å². The van der Waals surface area contributed by atoms with E-state index in [9.17, 15) is 0 Å². The fourth-order valence-electron chi connectivity index (χ4n) is 7.77. The first-order valence-corrected chi connectivity index (χ1v) is 16.0. The van der Waals surface area contributed by atoms with Crippen LogP contribution < -0.4 is 4.74 Å². The van der Waals surface area contributed by atoms with Gasteiger partial charge in [-0.3, -0.25) is 0 Å². The van der Waals surface area contributed by atoms with Crippen LogP contribution in [-0.2, 0) is 0 Å². The number of allylic oxidation sites excluding steroid dienone is 4. The van der Waals surface area contributed by atoms with Crippen LogP contribution in [0.3, 0.4) is 0 Å². The lowest BCUT2D eigenvalue weighted by molar-refractivity contribution is 0.487. The molecule has 7 aromatic carbocycles. The number of hydrogen-bond donors (Lipinski definition) is 0. The molecule has 0 fully saturated rings. The average Bonchev–Trinajstić information content (AvgIpc) is 3.47. The predicted molar refractivity (Wildman–Crippen MR) is 192 cm³/mol. The maximum absolute atomic E-state index is 6.35. The van der Waals surface area contributed by atoms with E-state index in [-0.39, 0.29) is 0 Å². The van der Waals surface area contributed by atoms with Crippen molar-refractivity contribution in [2.75, 3.05) is 0 Å². The minimum atomic E-state index is 0.318. The van der Waals surface area contributed by atoms with Gasteiger partial charge in [0.2, 0.25) is 0 Å². The maximum atomic E-state index is 6.35. The smallest absolute Gasteiger partial charge is 0.135 e. The van der Waals surface area contributed by atoms with E-state index in [0.717, 1.165) is 23.5 Å². The Morgan fingerprint density at radius 2 is 1.39 bits per heavy atom. The summed E-state index contributed by atoms with van der Waals surface area (Å²) in [7, 11) is 0. The molecule has 1 unspecified atom stereocenters. The summed E-state index contributed by atoms with van der Waals surface area (Å²) in [4.78, 5) is 0. The second-order valence-electron chi connectivity index (χ2n) is 12.4. The van der Waals surface area contributed by atoms with Gasteiger partial charge in [-0.25, -0.2) is 0 Å². The van der Waals surface area contributed by atoms with E-state index < -0.39 is 0 Å². The molecule has 1 aromatic heterocycles. The Labute approximate surface area is 267 Å². The molecule has 2 heterocycles. The van der Waals surface area contributed by atoms with Crippen molar-refractivity contribution in [1.82, 2.24) is 4.57 Å². The molecule has 0 N–H and O–H groups in total. The standard InChI is InChI=1S/C44H29NO/c1-2-10-32(11-3-1)45-40-25-22-31(27-39(40)38-23-21-29-9-4-5-12-34(29)44(38)45)28-17-19-30(20-18-28)33-24-26-42-43-36(33)14-8-15-37(43)35-13-6-7-16-41(35)46-42/h1-17,19-28H,18H2. The SMILES string of the molecule is C1=CC(c2ccc3c(c2)c2ccc4ccccc4c2n3-c2ccccc2)CC=C1c1ccc2c3c(cccc13)-c1ccccc1O2. The van der Waals surface area contributed by atoms with E-state index in [1.165, 1.54) is 71.3 Å². The van der Waals surface area contributed by atoms with Crippen LogP contribution in [0.5, 0.6) is 11.5 Å². The highest BCUT2D eigenvalue weighted by atomic mass is 16.5. The number of hydrogen-bond acceptors (Lipinski definition) is 1. The summed E-state index contributed by atoms with van der Waals surface area (Å²) in [6.07, 6.45) is 8.08. The summed E-state index contributed by atoms with van der Waals surface area (Å²) in [5, 5.41) is 7.57. The van der Waals surface area contributed by atoms with Gasteiger partial charge >= 0.3 is 0 Å². The van der Waals surface area contributed by atoms with Gasteiger partial charge in [0.1, 0.15) is 11.5 Å². The highest BCUT2D eigenvalue weighted by molar-refractivity contribution is 6.18. The molecular weight excluding hydrogens is 558 g/mol. The molecule has 1 aliphatic heterocycles. The minimum absolute atomic E-state index is 0.318. The number of nitrogens with zero attached hydrogens (tertiary/aromatic N) is 1. The van der Waals surface area contributed by atoms with E-state index in [4.69, 9.17) is 4.74 Å². The number of rotatable bonds is 3. The minimum Gasteiger partial charge on any atom is -0.456 e. The van der Waals surface area contributed by atoms with Gasteiger partial charge < -0.3 is 9.30 Å². The number of aromatic nitrogens is 1. The lowest BCUT2D eigenvalue weighted by Gasteiger charge is -2.23. The first-order valence-electron chi connectivity index (χ1n) is 16.0. The first-order chi connectivity index (χ1) is 22.8. The molecule has 216 valence electrons. The largest absolute Gasteiger partial charge is 0.456 e. The van der Waals surface area contributed by atoms with Gasteiger partial charge in [-0.15, -0.1) is 0 Å². The molecular formula is C44H29NO. The summed E-state index contributed by atoms with van der Waals surface area (Å²) in [6, 6.07) is 50.4. The lowest BCUT2D eigenvalue weighted by atomic mass is 9.85. The zero-order chi connectivity index (χ0) is 30.2. The molecule has 0 saturated heterocycles. The lowest BCUT2D eigenvalue weighted by Crippen LogP contribution is -2.01. The van der Waals surface area contributed by atoms with Crippen LogP contribution in [0.15, 0.2) is 158 Å². The second kappa shape index (κ2) is 9.82. The van der Waals surface area contributed by atoms with E-state index in [2.05, 4.69) is 156 Å². The van der Waals surface area contributed by atoms with Crippen molar-refractivity contribution in [1.29, 1.82) is 0 Å². The Balaban J connectivity index is 1.06. The fourth-order valence-corrected chi connectivity index (χ4v) is 7.77. The number of para-hydroxylation sites is 2. The highest BCUT2D eigenvalue weighted by Gasteiger charge is 2.23. The topological polar surface area (TPSA) is 14.2 Å². The van der Waals surface area contributed by atoms with Crippen LogP contribution in [0.2, 0.25) is 0 Å². The van der Waals surface area contributed by atoms with Crippen LogP contribution in [0.4, 0.5) is 0 Å². The summed E-state index contributed by atoms with van der Waals surface area (Å²) in [6.45, 7) is 0. The maximum Gasteiger partial charge on any atom is 0.135 e. The highest BCUT2D eigenvalue weighted by Crippen LogP contribution is 2.48. The van der Waals surface area contributed by atoms with Crippen molar-refractivity contribution in [2.45, 2.75) is 12.3 Å². The third kappa shape index (κ3) is 3.71. The van der Waals surface area contributed by atoms with Crippen LogP contribution in [0, 0.1) is 0 Å². The Morgan fingerprint density at radius 3 is 2.30 bits per heavy atom. The van der Waals surface area contributed by atoms with E-state index >= 15 is 0 Å². The molecule has 0 saturated carbocycles. The van der Waals surface area contributed by atoms with Crippen molar-refractivity contribution in [3.8, 4) is 28.3 Å². The zero-order valence-corrected chi connectivity index (χ0v) is 25.2. The summed E-state index contributed by atoms with van der Waals surface area (Å²) in [5.41, 5.74) is 9.97. The van der Waals surface area contributed by atoms with E-state index in [0.29, 0.717) is 5.92 Å². The van der Waals surface area contributed by atoms with Gasteiger partial charge in [0.25, 0.3) is 0 Å². The van der Waals surface area contributed by atoms with Crippen molar-refractivity contribution in [3.63, 3.8) is 0 Å². The Bertz CT molecular complexity index is 2580. The number of ether oxygens (including phenoxy) is 1. The molecule has 0 spiro atoms. The summed E-state index contributed by atoms with van der Waals surface area (Å²) < 4.78 is 8.78. The Morgan fingerprint density at radius 1 is 0.565 bits per heavy atom. The van der Waals surface area contributed by atoms with Crippen LogP contribution in [0.1, 0.15) is 23.5 Å². The molecule has 2 nitrogen and oxygen atoms in total. The van der Waals surface area contributed by atoms with Crippen molar-refractivity contribution in [2.24, 2.45) is 0 Å². The third-order valence-corrected chi connectivity index (χ3v) is 9.93. The van der Waals surface area contributed by atoms with Gasteiger partial charge in [0, 0.05) is 38.7 Å². The number of benzene rings is 7. The Hall–Kier alpha value is -5.86. The molecule has 0 bridgehead atoms. The molecule has 2 heteroatoms. The molecule has 1 aliphatic carbocycles. The van der Waals surface area contributed by atoms with Crippen LogP contribution in [-0.4, -0.2) is 4.57 Å². The summed E-state index contributed by atoms with van der Waals surface area (Å²) in [5.74, 6) is 2.17. The van der Waals surface area contributed by atoms with Crippen molar-refractivity contribution in [3.05, 3.63) is 169 Å². The first kappa shape index (κ1) is 25.5. The van der Waals surface area contributed by atoms with Crippen LogP contribution in [0.25, 0.3) is 65.7 Å². The second-order valence-corrected chi connectivity index (χ2v) is 12.4. The fraction of sp³-hybridized carbons (Fsp3) is 0.0455. The molecule has 10 rings (SSSR count). The van der Waals surface area contributed by atoms with Crippen molar-refractivity contribution >= 4 is 48.9 Å². The third-order valence-electron chi connectivity index (χ3n) is 9.93. The molecule has 2 aliphatic rings. The molecule has 8 aromatic rings. The zero-order valence-electron chi connectivity index (χ0n) is 25.2. The average molecular weight is 588 g/mol. The van der Waals surface area contributed by atoms with E-state index in [1.807, 2.05) is 6.07 Å². The Kier molecular flexibility index (Phi) is 5.44. The molecule has 46 heavy (non-hydrogen) atoms. The normalized spacial score (nSPS) is 15.3. The molecule has 1 atom stereocenters. The van der Waals surface area contributed by atoms with Gasteiger partial charge in [0.05, 0.1) is 11.0 Å². The summed E-state index contributed by atoms with van der Waals surface area (Å²) >= 11 is 0. The van der Waals surface area contributed by atoms with Gasteiger partial charge in [-0.05, 0) is 75.9 Å². The monoisotopic (exact) mass is 587 g/mol. The van der Waals surface area contributed by atoms with Crippen LogP contribution >= 0.6 is 0 Å². The quantitative estimate of drug-likeness (QED) is 0.201. The van der Waals surface area contributed by atoms with E-state index in [1.54, 1.807) is 0 Å². The predicted octanol–water partition coefficient (Wildman–Crippen LogP) is 12.0.